The van der Waals surface area contributed by atoms with Gasteiger partial charge in [-0.25, -0.2) is 4.90 Å². The summed E-state index contributed by atoms with van der Waals surface area (Å²) in [6.07, 6.45) is 1.69. The average Bonchev–Trinajstić information content (AvgIpc) is 3.08. The first-order chi connectivity index (χ1) is 15.9. The fourth-order valence-electron chi connectivity index (χ4n) is 3.18. The zero-order valence-electron chi connectivity index (χ0n) is 17.6. The van der Waals surface area contributed by atoms with Crippen molar-refractivity contribution in [3.8, 4) is 11.5 Å². The maximum Gasteiger partial charge on any atom is 0.298 e. The number of rotatable bonds is 7. The number of ether oxygens (including phenoxy) is 2. The average molecular weight is 592 g/mol. The molecule has 0 saturated carbocycles. The van der Waals surface area contributed by atoms with Gasteiger partial charge in [0.2, 0.25) is 0 Å². The molecule has 0 atom stereocenters. The van der Waals surface area contributed by atoms with Crippen LogP contribution in [0.5, 0.6) is 11.5 Å². The zero-order chi connectivity index (χ0) is 23.4. The molecule has 1 saturated heterocycles. The van der Waals surface area contributed by atoms with E-state index in [2.05, 4.69) is 22.6 Å². The summed E-state index contributed by atoms with van der Waals surface area (Å²) in [4.78, 5) is 26.9. The Kier molecular flexibility index (Phi) is 7.62. The number of thioether (sulfide) groups is 1. The van der Waals surface area contributed by atoms with Crippen molar-refractivity contribution < 1.29 is 19.1 Å². The van der Waals surface area contributed by atoms with Gasteiger partial charge in [-0.3, -0.25) is 9.59 Å². The van der Waals surface area contributed by atoms with Crippen LogP contribution in [0.2, 0.25) is 5.02 Å². The van der Waals surface area contributed by atoms with E-state index in [1.807, 2.05) is 49.4 Å². The molecule has 1 aliphatic rings. The van der Waals surface area contributed by atoms with Crippen molar-refractivity contribution in [2.24, 2.45) is 0 Å². The number of carbonyl (C=O) groups excluding carboxylic acids is 2. The molecule has 3 aromatic rings. The molecule has 168 valence electrons. The topological polar surface area (TPSA) is 55.8 Å². The van der Waals surface area contributed by atoms with E-state index in [0.29, 0.717) is 40.3 Å². The standard InChI is InChI=1S/C25H19ClINO4S/c1-2-31-22-13-17(5-12-21(22)32-15-16-3-8-19(27)9-4-16)14-23-24(29)28(25(30)33-23)20-10-6-18(26)7-11-20/h3-14H,2,15H2,1H3/b23-14+. The number of anilines is 1. The Morgan fingerprint density at radius 3 is 2.39 bits per heavy atom. The van der Waals surface area contributed by atoms with Gasteiger partial charge in [0.05, 0.1) is 17.2 Å². The van der Waals surface area contributed by atoms with E-state index in [0.717, 1.165) is 31.4 Å². The highest BCUT2D eigenvalue weighted by molar-refractivity contribution is 14.1. The maximum absolute atomic E-state index is 12.9. The number of imide groups is 1. The van der Waals surface area contributed by atoms with Gasteiger partial charge in [-0.1, -0.05) is 29.8 Å². The summed E-state index contributed by atoms with van der Waals surface area (Å²) in [5.74, 6) is 0.819. The van der Waals surface area contributed by atoms with Crippen molar-refractivity contribution in [3.05, 3.63) is 91.4 Å². The highest BCUT2D eigenvalue weighted by atomic mass is 127. The molecule has 1 heterocycles. The Morgan fingerprint density at radius 2 is 1.70 bits per heavy atom. The molecule has 0 bridgehead atoms. The number of halogens is 2. The lowest BCUT2D eigenvalue weighted by Gasteiger charge is -2.13. The van der Waals surface area contributed by atoms with Crippen LogP contribution >= 0.6 is 46.0 Å². The van der Waals surface area contributed by atoms with E-state index >= 15 is 0 Å². The predicted octanol–water partition coefficient (Wildman–Crippen LogP) is 7.16. The highest BCUT2D eigenvalue weighted by Gasteiger charge is 2.36. The van der Waals surface area contributed by atoms with Crippen LogP contribution in [0.1, 0.15) is 18.1 Å². The van der Waals surface area contributed by atoms with Gasteiger partial charge in [0.25, 0.3) is 11.1 Å². The minimum atomic E-state index is -0.371. The van der Waals surface area contributed by atoms with Crippen LogP contribution in [0.3, 0.4) is 0 Å². The molecule has 0 spiro atoms. The van der Waals surface area contributed by atoms with Gasteiger partial charge in [-0.05, 0) is 107 Å². The van der Waals surface area contributed by atoms with Gasteiger partial charge in [0.15, 0.2) is 11.5 Å². The number of hydrogen-bond donors (Lipinski definition) is 0. The number of hydrogen-bond acceptors (Lipinski definition) is 5. The number of benzene rings is 3. The molecular weight excluding hydrogens is 573 g/mol. The first-order valence-electron chi connectivity index (χ1n) is 10.1. The van der Waals surface area contributed by atoms with Crippen molar-refractivity contribution in [1.29, 1.82) is 0 Å². The van der Waals surface area contributed by atoms with Crippen molar-refractivity contribution >= 4 is 68.9 Å². The van der Waals surface area contributed by atoms with Gasteiger partial charge in [-0.2, -0.15) is 0 Å². The maximum atomic E-state index is 12.9. The summed E-state index contributed by atoms with van der Waals surface area (Å²) in [7, 11) is 0. The van der Waals surface area contributed by atoms with Crippen LogP contribution < -0.4 is 14.4 Å². The molecule has 0 N–H and O–H groups in total. The third-order valence-electron chi connectivity index (χ3n) is 4.75. The first kappa shape index (κ1) is 23.7. The second kappa shape index (κ2) is 10.6. The zero-order valence-corrected chi connectivity index (χ0v) is 21.3. The molecule has 5 nitrogen and oxygen atoms in total. The van der Waals surface area contributed by atoms with E-state index in [1.165, 1.54) is 0 Å². The summed E-state index contributed by atoms with van der Waals surface area (Å²) in [6.45, 7) is 2.78. The smallest absolute Gasteiger partial charge is 0.298 e. The monoisotopic (exact) mass is 591 g/mol. The number of carbonyl (C=O) groups is 2. The lowest BCUT2D eigenvalue weighted by atomic mass is 10.1. The SMILES string of the molecule is CCOc1cc(/C=C2/SC(=O)N(c3ccc(Cl)cc3)C2=O)ccc1OCc1ccc(I)cc1. The van der Waals surface area contributed by atoms with Crippen molar-refractivity contribution in [3.63, 3.8) is 0 Å². The van der Waals surface area contributed by atoms with Crippen LogP contribution in [0.25, 0.3) is 6.08 Å². The Labute approximate surface area is 214 Å². The lowest BCUT2D eigenvalue weighted by Crippen LogP contribution is -2.27. The summed E-state index contributed by atoms with van der Waals surface area (Å²) in [6, 6.07) is 20.1. The molecule has 8 heteroatoms. The molecule has 0 aromatic heterocycles. The molecular formula is C25H19ClINO4S. The molecule has 3 aromatic carbocycles. The van der Waals surface area contributed by atoms with Crippen molar-refractivity contribution in [1.82, 2.24) is 0 Å². The third kappa shape index (κ3) is 5.72. The normalized spacial score (nSPS) is 14.8. The summed E-state index contributed by atoms with van der Waals surface area (Å²) in [5, 5.41) is 0.185. The van der Waals surface area contributed by atoms with Crippen LogP contribution in [-0.2, 0) is 11.4 Å². The van der Waals surface area contributed by atoms with Crippen LogP contribution in [0.4, 0.5) is 10.5 Å². The van der Waals surface area contributed by atoms with Crippen molar-refractivity contribution in [2.45, 2.75) is 13.5 Å². The summed E-state index contributed by atoms with van der Waals surface area (Å²) >= 11 is 9.08. The van der Waals surface area contributed by atoms with Crippen LogP contribution in [0.15, 0.2) is 71.6 Å². The summed E-state index contributed by atoms with van der Waals surface area (Å²) < 4.78 is 12.9. The van der Waals surface area contributed by atoms with E-state index in [4.69, 9.17) is 21.1 Å². The summed E-state index contributed by atoms with van der Waals surface area (Å²) in [5.41, 5.74) is 2.28. The van der Waals surface area contributed by atoms with Crippen LogP contribution in [-0.4, -0.2) is 17.8 Å². The quantitative estimate of drug-likeness (QED) is 0.216. The molecule has 1 aliphatic heterocycles. The van der Waals surface area contributed by atoms with Gasteiger partial charge < -0.3 is 9.47 Å². The van der Waals surface area contributed by atoms with E-state index < -0.39 is 0 Å². The minimum absolute atomic E-state index is 0.338. The largest absolute Gasteiger partial charge is 0.490 e. The second-order valence-electron chi connectivity index (χ2n) is 7.05. The molecule has 0 unspecified atom stereocenters. The first-order valence-corrected chi connectivity index (χ1v) is 12.4. The Morgan fingerprint density at radius 1 is 0.970 bits per heavy atom. The van der Waals surface area contributed by atoms with Crippen molar-refractivity contribution in [2.75, 3.05) is 11.5 Å². The Balaban J connectivity index is 1.54. The predicted molar refractivity (Wildman–Crippen MR) is 141 cm³/mol. The number of amides is 2. The Bertz CT molecular complexity index is 1210. The highest BCUT2D eigenvalue weighted by Crippen LogP contribution is 2.37. The second-order valence-corrected chi connectivity index (χ2v) is 9.72. The number of nitrogens with zero attached hydrogens (tertiary/aromatic N) is 1. The molecule has 0 radical (unpaired) electrons. The molecule has 1 fully saturated rings. The molecule has 2 amide bonds. The van der Waals surface area contributed by atoms with E-state index in [9.17, 15) is 9.59 Å². The third-order valence-corrected chi connectivity index (χ3v) is 6.59. The molecule has 4 rings (SSSR count). The molecule has 0 aliphatic carbocycles. The van der Waals surface area contributed by atoms with Gasteiger partial charge in [-0.15, -0.1) is 0 Å². The van der Waals surface area contributed by atoms with Gasteiger partial charge >= 0.3 is 0 Å². The lowest BCUT2D eigenvalue weighted by molar-refractivity contribution is -0.113. The fraction of sp³-hybridized carbons (Fsp3) is 0.120. The molecule has 33 heavy (non-hydrogen) atoms. The Hall–Kier alpha value is -2.49. The van der Waals surface area contributed by atoms with Gasteiger partial charge in [0.1, 0.15) is 6.61 Å². The fourth-order valence-corrected chi connectivity index (χ4v) is 4.50. The van der Waals surface area contributed by atoms with E-state index in [1.54, 1.807) is 30.3 Å². The van der Waals surface area contributed by atoms with Crippen LogP contribution in [0, 0.1) is 3.57 Å². The minimum Gasteiger partial charge on any atom is -0.490 e. The van der Waals surface area contributed by atoms with E-state index in [-0.39, 0.29) is 11.1 Å². The van der Waals surface area contributed by atoms with Gasteiger partial charge in [0, 0.05) is 8.59 Å².